The largest absolute Gasteiger partial charge is 0.323 e. The zero-order chi connectivity index (χ0) is 21.7. The Bertz CT molecular complexity index is 1110. The lowest BCUT2D eigenvalue weighted by molar-refractivity contribution is -0.113. The first-order valence-electron chi connectivity index (χ1n) is 8.56. The molecule has 0 spiro atoms. The van der Waals surface area contributed by atoms with Crippen LogP contribution in [0.1, 0.15) is 10.4 Å². The minimum absolute atomic E-state index is 0.0793. The third-order valence-electron chi connectivity index (χ3n) is 3.84. The quantitative estimate of drug-likeness (QED) is 0.343. The minimum Gasteiger partial charge on any atom is -0.323 e. The van der Waals surface area contributed by atoms with E-state index in [1.807, 2.05) is 6.07 Å². The summed E-state index contributed by atoms with van der Waals surface area (Å²) in [6, 6.07) is 16.1. The van der Waals surface area contributed by atoms with Gasteiger partial charge in [-0.3, -0.25) is 9.59 Å². The van der Waals surface area contributed by atoms with Crippen molar-refractivity contribution >= 4 is 74.1 Å². The Labute approximate surface area is 195 Å². The molecule has 30 heavy (non-hydrogen) atoms. The fourth-order valence-corrected chi connectivity index (χ4v) is 4.04. The maximum absolute atomic E-state index is 13.8. The van der Waals surface area contributed by atoms with Crippen molar-refractivity contribution in [3.8, 4) is 0 Å². The van der Waals surface area contributed by atoms with E-state index in [-0.39, 0.29) is 28.3 Å². The van der Waals surface area contributed by atoms with Crippen LogP contribution in [0.25, 0.3) is 0 Å². The van der Waals surface area contributed by atoms with Crippen LogP contribution in [0.2, 0.25) is 10.0 Å². The van der Waals surface area contributed by atoms with Crippen LogP contribution >= 0.6 is 50.9 Å². The molecule has 0 aromatic heterocycles. The Balaban J connectivity index is 1.59. The second-order valence-corrected chi connectivity index (χ2v) is 8.88. The molecule has 0 atom stereocenters. The average Bonchev–Trinajstić information content (AvgIpc) is 2.69. The molecule has 3 rings (SSSR count). The van der Waals surface area contributed by atoms with Crippen LogP contribution in [-0.4, -0.2) is 17.6 Å². The number of hydrogen-bond acceptors (Lipinski definition) is 3. The average molecular weight is 528 g/mol. The summed E-state index contributed by atoms with van der Waals surface area (Å²) in [5.41, 5.74) is 0.968. The molecule has 0 saturated carbocycles. The number of carbonyl (C=O) groups excluding carboxylic acids is 2. The van der Waals surface area contributed by atoms with Crippen LogP contribution in [0.15, 0.2) is 70.0 Å². The molecule has 2 amide bonds. The highest BCUT2D eigenvalue weighted by atomic mass is 79.9. The molecule has 0 aliphatic carbocycles. The van der Waals surface area contributed by atoms with Crippen LogP contribution in [0, 0.1) is 5.82 Å². The van der Waals surface area contributed by atoms with Gasteiger partial charge in [0.25, 0.3) is 5.91 Å². The molecular weight excluding hydrogens is 514 g/mol. The number of hydrogen-bond donors (Lipinski definition) is 2. The fourth-order valence-electron chi connectivity index (χ4n) is 2.46. The molecule has 0 bridgehead atoms. The molecule has 4 nitrogen and oxygen atoms in total. The highest BCUT2D eigenvalue weighted by Crippen LogP contribution is 2.25. The van der Waals surface area contributed by atoms with Gasteiger partial charge in [-0.25, -0.2) is 4.39 Å². The monoisotopic (exact) mass is 526 g/mol. The van der Waals surface area contributed by atoms with E-state index in [0.29, 0.717) is 20.7 Å². The van der Waals surface area contributed by atoms with Crippen molar-refractivity contribution in [1.82, 2.24) is 0 Å². The molecule has 0 radical (unpaired) electrons. The molecule has 3 aromatic rings. The predicted octanol–water partition coefficient (Wildman–Crippen LogP) is 6.88. The van der Waals surface area contributed by atoms with E-state index >= 15 is 0 Å². The van der Waals surface area contributed by atoms with Crippen molar-refractivity contribution in [2.24, 2.45) is 0 Å². The Morgan fingerprint density at radius 3 is 2.53 bits per heavy atom. The fraction of sp³-hybridized carbons (Fsp3) is 0.0476. The van der Waals surface area contributed by atoms with E-state index in [1.54, 1.807) is 36.4 Å². The van der Waals surface area contributed by atoms with Gasteiger partial charge in [-0.05, 0) is 54.6 Å². The maximum atomic E-state index is 13.8. The van der Waals surface area contributed by atoms with Gasteiger partial charge in [-0.15, -0.1) is 11.8 Å². The molecule has 0 unspecified atom stereocenters. The Morgan fingerprint density at radius 2 is 1.80 bits per heavy atom. The number of halogens is 4. The summed E-state index contributed by atoms with van der Waals surface area (Å²) < 4.78 is 14.4. The topological polar surface area (TPSA) is 58.2 Å². The number of rotatable bonds is 6. The van der Waals surface area contributed by atoms with Gasteiger partial charge < -0.3 is 10.6 Å². The van der Waals surface area contributed by atoms with Crippen molar-refractivity contribution in [1.29, 1.82) is 0 Å². The molecule has 0 heterocycles. The van der Waals surface area contributed by atoms with Gasteiger partial charge in [0.05, 0.1) is 22.0 Å². The van der Waals surface area contributed by atoms with Crippen molar-refractivity contribution in [2.45, 2.75) is 4.90 Å². The van der Waals surface area contributed by atoms with Crippen LogP contribution in [0.3, 0.4) is 0 Å². The molecule has 0 aliphatic heterocycles. The van der Waals surface area contributed by atoms with Gasteiger partial charge in [-0.2, -0.15) is 0 Å². The number of carbonyl (C=O) groups is 2. The molecule has 3 aromatic carbocycles. The minimum atomic E-state index is -0.520. The van der Waals surface area contributed by atoms with Crippen LogP contribution in [0.5, 0.6) is 0 Å². The molecule has 9 heteroatoms. The molecule has 0 aliphatic rings. The Morgan fingerprint density at radius 1 is 1.00 bits per heavy atom. The van der Waals surface area contributed by atoms with Gasteiger partial charge in [0.15, 0.2) is 0 Å². The van der Waals surface area contributed by atoms with Gasteiger partial charge in [0.1, 0.15) is 5.82 Å². The number of benzene rings is 3. The number of thioether (sulfide) groups is 1. The highest BCUT2D eigenvalue weighted by Gasteiger charge is 2.12. The van der Waals surface area contributed by atoms with E-state index in [9.17, 15) is 14.0 Å². The second-order valence-electron chi connectivity index (χ2n) is 6.07. The smallest absolute Gasteiger partial charge is 0.257 e. The number of nitrogens with one attached hydrogen (secondary N) is 2. The first-order chi connectivity index (χ1) is 14.3. The zero-order valence-electron chi connectivity index (χ0n) is 15.2. The standard InChI is InChI=1S/C21H14BrCl2FN2O2S/c22-12-4-7-19(18(25)8-12)27-20(28)11-30-15-3-1-2-14(10-15)26-21(29)16-6-5-13(23)9-17(16)24/h1-10H,11H2,(H,26,29)(H,27,28). The molecule has 0 fully saturated rings. The van der Waals surface area contributed by atoms with Crippen molar-refractivity contribution < 1.29 is 14.0 Å². The number of anilines is 2. The van der Waals surface area contributed by atoms with E-state index < -0.39 is 5.82 Å². The van der Waals surface area contributed by atoms with E-state index in [2.05, 4.69) is 26.6 Å². The lowest BCUT2D eigenvalue weighted by Crippen LogP contribution is -2.15. The third kappa shape index (κ3) is 6.22. The molecule has 0 saturated heterocycles. The van der Waals surface area contributed by atoms with Gasteiger partial charge in [0.2, 0.25) is 5.91 Å². The maximum Gasteiger partial charge on any atom is 0.257 e. The van der Waals surface area contributed by atoms with Crippen molar-refractivity contribution in [3.05, 3.63) is 86.6 Å². The van der Waals surface area contributed by atoms with Crippen LogP contribution < -0.4 is 10.6 Å². The van der Waals surface area contributed by atoms with Crippen LogP contribution in [-0.2, 0) is 4.79 Å². The van der Waals surface area contributed by atoms with Gasteiger partial charge in [-0.1, -0.05) is 45.2 Å². The molecule has 2 N–H and O–H groups in total. The van der Waals surface area contributed by atoms with E-state index in [4.69, 9.17) is 23.2 Å². The first kappa shape index (κ1) is 22.6. The van der Waals surface area contributed by atoms with Crippen LogP contribution in [0.4, 0.5) is 15.8 Å². The highest BCUT2D eigenvalue weighted by molar-refractivity contribution is 9.10. The predicted molar refractivity (Wildman–Crippen MR) is 124 cm³/mol. The Kier molecular flexibility index (Phi) is 7.77. The summed E-state index contributed by atoms with van der Waals surface area (Å²) in [5.74, 6) is -1.16. The third-order valence-corrected chi connectivity index (χ3v) is 5.88. The summed E-state index contributed by atoms with van der Waals surface area (Å²) in [7, 11) is 0. The normalized spacial score (nSPS) is 10.5. The summed E-state index contributed by atoms with van der Waals surface area (Å²) >= 11 is 16.4. The van der Waals surface area contributed by atoms with Gasteiger partial charge in [0, 0.05) is 20.1 Å². The SMILES string of the molecule is O=C(CSc1cccc(NC(=O)c2ccc(Cl)cc2Cl)c1)Nc1ccc(Br)cc1F. The Hall–Kier alpha value is -2.06. The lowest BCUT2D eigenvalue weighted by atomic mass is 10.2. The van der Waals surface area contributed by atoms with E-state index in [0.717, 1.165) is 4.90 Å². The summed E-state index contributed by atoms with van der Waals surface area (Å²) in [4.78, 5) is 25.3. The molecule has 154 valence electrons. The van der Waals surface area contributed by atoms with E-state index in [1.165, 1.54) is 30.0 Å². The second kappa shape index (κ2) is 10.3. The zero-order valence-corrected chi connectivity index (χ0v) is 19.1. The molecular formula is C21H14BrCl2FN2O2S. The summed E-state index contributed by atoms with van der Waals surface area (Å²) in [6.45, 7) is 0. The van der Waals surface area contributed by atoms with Gasteiger partial charge >= 0.3 is 0 Å². The lowest BCUT2D eigenvalue weighted by Gasteiger charge is -2.09. The number of amides is 2. The van der Waals surface area contributed by atoms with Crippen molar-refractivity contribution in [2.75, 3.05) is 16.4 Å². The summed E-state index contributed by atoms with van der Waals surface area (Å²) in [6.07, 6.45) is 0. The first-order valence-corrected chi connectivity index (χ1v) is 11.1. The van der Waals surface area contributed by atoms with Crippen molar-refractivity contribution in [3.63, 3.8) is 0 Å². The summed E-state index contributed by atoms with van der Waals surface area (Å²) in [5, 5.41) is 5.99.